The monoisotopic (exact) mass is 455 g/mol. The van der Waals surface area contributed by atoms with E-state index in [1.54, 1.807) is 6.92 Å². The molecule has 0 radical (unpaired) electrons. The molecule has 0 amide bonds. The number of carbonyl (C=O) groups is 3. The van der Waals surface area contributed by atoms with Gasteiger partial charge in [0.05, 0.1) is 12.1 Å². The van der Waals surface area contributed by atoms with Crippen LogP contribution in [-0.2, 0) is 30.3 Å². The highest BCUT2D eigenvalue weighted by Crippen LogP contribution is 2.37. The van der Waals surface area contributed by atoms with Gasteiger partial charge in [-0.2, -0.15) is 5.48 Å². The Bertz CT molecular complexity index is 854. The fraction of sp³-hybridized carbons (Fsp3) is 0.476. The van der Waals surface area contributed by atoms with E-state index in [1.807, 2.05) is 12.2 Å². The van der Waals surface area contributed by atoms with Crippen LogP contribution in [0.25, 0.3) is 0 Å². The third-order valence-corrected chi connectivity index (χ3v) is 5.09. The van der Waals surface area contributed by atoms with Crippen LogP contribution in [0.1, 0.15) is 48.5 Å². The Morgan fingerprint density at radius 1 is 1.29 bits per heavy atom. The maximum absolute atomic E-state index is 12.7. The minimum Gasteiger partial charge on any atom is -0.507 e. The zero-order valence-corrected chi connectivity index (χ0v) is 18.1. The first-order valence-electron chi connectivity index (χ1n) is 9.78. The van der Waals surface area contributed by atoms with Gasteiger partial charge in [0.1, 0.15) is 28.9 Å². The smallest absolute Gasteiger partial charge is 0.342 e. The van der Waals surface area contributed by atoms with Crippen molar-refractivity contribution in [3.05, 3.63) is 34.4 Å². The summed E-state index contributed by atoms with van der Waals surface area (Å²) in [6.45, 7) is 1.37. The SMILES string of the molecule is COC(=O)CONC1CCC=CCC(C)OC(=O)c2c(O)cc(O)c(Cl)c2CC(=O)C1. The number of esters is 2. The number of methoxy groups -OCH3 is 1. The number of carbonyl (C=O) groups excluding carboxylic acids is 3. The average molecular weight is 456 g/mol. The lowest BCUT2D eigenvalue weighted by Crippen LogP contribution is -2.34. The van der Waals surface area contributed by atoms with Crippen LogP contribution in [0.3, 0.4) is 0 Å². The Hall–Kier alpha value is -2.62. The average Bonchev–Trinajstić information content (AvgIpc) is 2.70. The van der Waals surface area contributed by atoms with Gasteiger partial charge in [0, 0.05) is 36.9 Å². The van der Waals surface area contributed by atoms with Crippen LogP contribution in [0.5, 0.6) is 11.5 Å². The van der Waals surface area contributed by atoms with Crippen LogP contribution in [-0.4, -0.2) is 53.8 Å². The van der Waals surface area contributed by atoms with E-state index < -0.39 is 35.6 Å². The van der Waals surface area contributed by atoms with Gasteiger partial charge >= 0.3 is 11.9 Å². The number of hydrogen-bond donors (Lipinski definition) is 3. The van der Waals surface area contributed by atoms with Crippen molar-refractivity contribution in [2.24, 2.45) is 0 Å². The van der Waals surface area contributed by atoms with E-state index in [9.17, 15) is 24.6 Å². The number of hydroxylamine groups is 1. The molecular formula is C21H26ClNO8. The number of phenols is 2. The predicted octanol–water partition coefficient (Wildman–Crippen LogP) is 2.60. The van der Waals surface area contributed by atoms with Crippen LogP contribution in [0, 0.1) is 0 Å². The highest BCUT2D eigenvalue weighted by Gasteiger charge is 2.27. The molecule has 2 atom stereocenters. The Labute approximate surface area is 184 Å². The number of phenolic OH excluding ortho intramolecular Hbond substituents is 2. The molecule has 170 valence electrons. The number of nitrogens with one attached hydrogen (secondary N) is 1. The van der Waals surface area contributed by atoms with Crippen molar-refractivity contribution in [2.45, 2.75) is 51.2 Å². The third kappa shape index (κ3) is 7.23. The first-order chi connectivity index (χ1) is 14.7. The van der Waals surface area contributed by atoms with Crippen LogP contribution >= 0.6 is 11.6 Å². The number of rotatable bonds is 4. The van der Waals surface area contributed by atoms with Crippen molar-refractivity contribution in [2.75, 3.05) is 13.7 Å². The Balaban J connectivity index is 2.30. The van der Waals surface area contributed by atoms with Gasteiger partial charge in [0.15, 0.2) is 6.61 Å². The number of aromatic hydroxyl groups is 2. The number of benzene rings is 1. The molecule has 31 heavy (non-hydrogen) atoms. The molecule has 0 fully saturated rings. The molecule has 1 aliphatic rings. The number of cyclic esters (lactones) is 1. The molecule has 0 saturated heterocycles. The number of hydrogen-bond acceptors (Lipinski definition) is 9. The minimum atomic E-state index is -0.837. The molecule has 2 unspecified atom stereocenters. The number of fused-ring (bicyclic) bond motifs is 1. The molecule has 1 aromatic carbocycles. The topological polar surface area (TPSA) is 131 Å². The quantitative estimate of drug-likeness (QED) is 0.356. The standard InChI is InChI=1S/C21H26ClNO8/c1-12-6-4-3-5-7-13(23-30-11-18(27)29-2)8-14(24)9-15-19(21(28)31-12)16(25)10-17(26)20(15)22/h3-4,10,12-13,23,25-26H,5-9,11H2,1-2H3. The van der Waals surface area contributed by atoms with Crippen molar-refractivity contribution < 1.29 is 38.9 Å². The molecule has 0 aliphatic carbocycles. The van der Waals surface area contributed by atoms with Gasteiger partial charge in [-0.05, 0) is 19.8 Å². The molecule has 1 aromatic rings. The molecule has 0 aromatic heterocycles. The van der Waals surface area contributed by atoms with E-state index in [4.69, 9.17) is 21.2 Å². The molecule has 0 bridgehead atoms. The fourth-order valence-electron chi connectivity index (χ4n) is 3.09. The molecule has 1 heterocycles. The molecule has 10 heteroatoms. The number of allylic oxidation sites excluding steroid dienone is 1. The summed E-state index contributed by atoms with van der Waals surface area (Å²) in [7, 11) is 1.24. The first-order valence-corrected chi connectivity index (χ1v) is 10.2. The summed E-state index contributed by atoms with van der Waals surface area (Å²) in [4.78, 5) is 41.7. The van der Waals surface area contributed by atoms with Crippen molar-refractivity contribution in [1.29, 1.82) is 0 Å². The molecular weight excluding hydrogens is 430 g/mol. The highest BCUT2D eigenvalue weighted by molar-refractivity contribution is 6.33. The van der Waals surface area contributed by atoms with Gasteiger partial charge in [-0.3, -0.25) is 9.63 Å². The summed E-state index contributed by atoms with van der Waals surface area (Å²) in [6.07, 6.45) is 4.54. The molecule has 0 saturated carbocycles. The van der Waals surface area contributed by atoms with Gasteiger partial charge in [-0.1, -0.05) is 23.8 Å². The summed E-state index contributed by atoms with van der Waals surface area (Å²) in [5, 5.41) is 20.0. The van der Waals surface area contributed by atoms with Crippen LogP contribution in [0.2, 0.25) is 5.02 Å². The van der Waals surface area contributed by atoms with Crippen molar-refractivity contribution >= 4 is 29.3 Å². The van der Waals surface area contributed by atoms with E-state index in [0.717, 1.165) is 6.07 Å². The third-order valence-electron chi connectivity index (χ3n) is 4.67. The van der Waals surface area contributed by atoms with E-state index in [1.165, 1.54) is 7.11 Å². The van der Waals surface area contributed by atoms with E-state index in [0.29, 0.717) is 19.3 Å². The normalized spacial score (nSPS) is 20.5. The lowest BCUT2D eigenvalue weighted by atomic mass is 9.96. The zero-order valence-electron chi connectivity index (χ0n) is 17.4. The molecule has 9 nitrogen and oxygen atoms in total. The van der Waals surface area contributed by atoms with E-state index >= 15 is 0 Å². The van der Waals surface area contributed by atoms with Gasteiger partial charge < -0.3 is 19.7 Å². The summed E-state index contributed by atoms with van der Waals surface area (Å²) in [5.74, 6) is -2.71. The van der Waals surface area contributed by atoms with Crippen molar-refractivity contribution in [3.63, 3.8) is 0 Å². The van der Waals surface area contributed by atoms with E-state index in [2.05, 4.69) is 10.2 Å². The summed E-state index contributed by atoms with van der Waals surface area (Å²) in [6, 6.07) is 0.508. The minimum absolute atomic E-state index is 0.00729. The fourth-order valence-corrected chi connectivity index (χ4v) is 3.31. The molecule has 3 N–H and O–H groups in total. The predicted molar refractivity (Wildman–Crippen MR) is 111 cm³/mol. The van der Waals surface area contributed by atoms with Crippen LogP contribution < -0.4 is 5.48 Å². The zero-order chi connectivity index (χ0) is 23.0. The van der Waals surface area contributed by atoms with Gasteiger partial charge in [0.2, 0.25) is 0 Å². The number of Topliss-reactive ketones (excluding diaryl/α,β-unsaturated/α-hetero) is 1. The van der Waals surface area contributed by atoms with Crippen molar-refractivity contribution in [3.8, 4) is 11.5 Å². The van der Waals surface area contributed by atoms with Crippen LogP contribution in [0.15, 0.2) is 18.2 Å². The maximum atomic E-state index is 12.7. The number of ether oxygens (including phenoxy) is 2. The second kappa shape index (κ2) is 11.7. The van der Waals surface area contributed by atoms with E-state index in [-0.39, 0.29) is 41.4 Å². The lowest BCUT2D eigenvalue weighted by molar-refractivity contribution is -0.149. The van der Waals surface area contributed by atoms with Crippen molar-refractivity contribution in [1.82, 2.24) is 5.48 Å². The summed E-state index contributed by atoms with van der Waals surface area (Å²) >= 11 is 6.15. The van der Waals surface area contributed by atoms with Gasteiger partial charge in [-0.15, -0.1) is 0 Å². The molecule has 1 aliphatic heterocycles. The second-order valence-corrected chi connectivity index (χ2v) is 7.56. The molecule has 0 spiro atoms. The maximum Gasteiger partial charge on any atom is 0.342 e. The summed E-state index contributed by atoms with van der Waals surface area (Å²) < 4.78 is 9.87. The Morgan fingerprint density at radius 2 is 2.03 bits per heavy atom. The number of halogens is 1. The second-order valence-electron chi connectivity index (χ2n) is 7.18. The number of ketones is 1. The molecule has 2 rings (SSSR count). The Kier molecular flexibility index (Phi) is 9.29. The van der Waals surface area contributed by atoms with Crippen LogP contribution in [0.4, 0.5) is 0 Å². The first kappa shape index (κ1) is 24.6. The van der Waals surface area contributed by atoms with Gasteiger partial charge in [-0.25, -0.2) is 9.59 Å². The lowest BCUT2D eigenvalue weighted by Gasteiger charge is -2.19. The highest BCUT2D eigenvalue weighted by atomic mass is 35.5. The Morgan fingerprint density at radius 3 is 2.74 bits per heavy atom. The van der Waals surface area contributed by atoms with Gasteiger partial charge in [0.25, 0.3) is 0 Å². The summed E-state index contributed by atoms with van der Waals surface area (Å²) in [5.41, 5.74) is 2.43. The largest absolute Gasteiger partial charge is 0.507 e.